The summed E-state index contributed by atoms with van der Waals surface area (Å²) in [6.45, 7) is 7.85. The summed E-state index contributed by atoms with van der Waals surface area (Å²) in [6.07, 6.45) is 3.04. The molecular weight excluding hydrogens is 264 g/mol. The second-order valence-electron chi connectivity index (χ2n) is 5.88. The Morgan fingerprint density at radius 2 is 2.10 bits per heavy atom. The van der Waals surface area contributed by atoms with Gasteiger partial charge < -0.3 is 15.4 Å². The van der Waals surface area contributed by atoms with Gasteiger partial charge in [0.1, 0.15) is 5.75 Å². The lowest BCUT2D eigenvalue weighted by Crippen LogP contribution is -2.34. The smallest absolute Gasteiger partial charge is 0.164 e. The normalized spacial score (nSPS) is 16.9. The van der Waals surface area contributed by atoms with Gasteiger partial charge in [0, 0.05) is 18.5 Å². The topological polar surface area (TPSA) is 55.6 Å². The quantitative estimate of drug-likeness (QED) is 0.646. The zero-order valence-corrected chi connectivity index (χ0v) is 13.1. The summed E-state index contributed by atoms with van der Waals surface area (Å²) in [5, 5.41) is 0. The molecule has 4 nitrogen and oxygen atoms in total. The first-order valence-corrected chi connectivity index (χ1v) is 7.88. The average Bonchev–Trinajstić information content (AvgIpc) is 2.48. The first kappa shape index (κ1) is 15.8. The third-order valence-electron chi connectivity index (χ3n) is 4.16. The number of nitrogen functional groups attached to an aromatic ring is 1. The third kappa shape index (κ3) is 4.46. The van der Waals surface area contributed by atoms with Crippen LogP contribution in [0, 0.1) is 5.92 Å². The van der Waals surface area contributed by atoms with E-state index >= 15 is 0 Å². The average molecular weight is 290 g/mol. The van der Waals surface area contributed by atoms with Gasteiger partial charge in [-0.2, -0.15) is 0 Å². The van der Waals surface area contributed by atoms with Gasteiger partial charge in [-0.1, -0.05) is 6.92 Å². The maximum absolute atomic E-state index is 12.3. The highest BCUT2D eigenvalue weighted by atomic mass is 16.5. The number of piperidine rings is 1. The van der Waals surface area contributed by atoms with Gasteiger partial charge in [-0.05, 0) is 57.0 Å². The van der Waals surface area contributed by atoms with Crippen molar-refractivity contribution in [1.29, 1.82) is 0 Å². The summed E-state index contributed by atoms with van der Waals surface area (Å²) < 4.78 is 5.39. The summed E-state index contributed by atoms with van der Waals surface area (Å²) in [6, 6.07) is 5.32. The van der Waals surface area contributed by atoms with Gasteiger partial charge in [0.15, 0.2) is 5.78 Å². The molecule has 1 aliphatic heterocycles. The predicted molar refractivity (Wildman–Crippen MR) is 85.8 cm³/mol. The zero-order valence-electron chi connectivity index (χ0n) is 13.1. The molecule has 0 spiro atoms. The van der Waals surface area contributed by atoms with Crippen LogP contribution in [0.25, 0.3) is 0 Å². The molecule has 4 heteroatoms. The van der Waals surface area contributed by atoms with Crippen molar-refractivity contribution in [3.05, 3.63) is 23.8 Å². The number of Topliss-reactive ketones (excluding diaryl/α,β-unsaturated/α-hetero) is 1. The van der Waals surface area contributed by atoms with E-state index in [1.165, 1.54) is 12.8 Å². The van der Waals surface area contributed by atoms with Gasteiger partial charge in [0.25, 0.3) is 0 Å². The van der Waals surface area contributed by atoms with E-state index in [-0.39, 0.29) is 5.78 Å². The van der Waals surface area contributed by atoms with Crippen LogP contribution in [-0.2, 0) is 0 Å². The van der Waals surface area contributed by atoms with Gasteiger partial charge in [0.2, 0.25) is 0 Å². The molecule has 2 N–H and O–H groups in total. The minimum Gasteiger partial charge on any atom is -0.492 e. The molecule has 1 heterocycles. The van der Waals surface area contributed by atoms with Gasteiger partial charge in [-0.3, -0.25) is 4.79 Å². The molecule has 1 aromatic carbocycles. The monoisotopic (exact) mass is 290 g/mol. The van der Waals surface area contributed by atoms with Crippen LogP contribution < -0.4 is 10.5 Å². The van der Waals surface area contributed by atoms with E-state index in [0.29, 0.717) is 30.0 Å². The molecule has 21 heavy (non-hydrogen) atoms. The Morgan fingerprint density at radius 1 is 1.38 bits per heavy atom. The van der Waals surface area contributed by atoms with Crippen LogP contribution in [0.15, 0.2) is 18.2 Å². The molecule has 2 rings (SSSR count). The number of hydrogen-bond donors (Lipinski definition) is 1. The summed E-state index contributed by atoms with van der Waals surface area (Å²) >= 11 is 0. The lowest BCUT2D eigenvalue weighted by atomic mass is 9.99. The van der Waals surface area contributed by atoms with Crippen LogP contribution in [0.3, 0.4) is 0 Å². The number of carbonyl (C=O) groups is 1. The van der Waals surface area contributed by atoms with Gasteiger partial charge in [-0.15, -0.1) is 0 Å². The summed E-state index contributed by atoms with van der Waals surface area (Å²) in [5.41, 5.74) is 7.13. The van der Waals surface area contributed by atoms with Crippen molar-refractivity contribution in [3.8, 4) is 5.75 Å². The van der Waals surface area contributed by atoms with Gasteiger partial charge in [-0.25, -0.2) is 0 Å². The molecule has 116 valence electrons. The highest BCUT2D eigenvalue weighted by molar-refractivity contribution is 5.97. The highest BCUT2D eigenvalue weighted by Crippen LogP contribution is 2.23. The molecule has 0 atom stereocenters. The molecule has 0 saturated carbocycles. The number of anilines is 1. The Morgan fingerprint density at radius 3 is 2.71 bits per heavy atom. The zero-order chi connectivity index (χ0) is 15.2. The fourth-order valence-corrected chi connectivity index (χ4v) is 2.70. The van der Waals surface area contributed by atoms with Crippen LogP contribution >= 0.6 is 0 Å². The van der Waals surface area contributed by atoms with Crippen molar-refractivity contribution in [1.82, 2.24) is 4.90 Å². The largest absolute Gasteiger partial charge is 0.492 e. The van der Waals surface area contributed by atoms with Crippen LogP contribution in [0.4, 0.5) is 5.69 Å². The predicted octanol–water partition coefficient (Wildman–Crippen LogP) is 2.97. The number of carbonyl (C=O) groups excluding carboxylic acids is 1. The molecule has 0 amide bonds. The molecule has 1 saturated heterocycles. The van der Waals surface area contributed by atoms with Crippen molar-refractivity contribution in [2.24, 2.45) is 5.92 Å². The summed E-state index contributed by atoms with van der Waals surface area (Å²) in [5.74, 6) is 1.63. The van der Waals surface area contributed by atoms with Gasteiger partial charge in [0.05, 0.1) is 12.3 Å². The Kier molecular flexibility index (Phi) is 5.62. The Labute approximate surface area is 127 Å². The maximum atomic E-state index is 12.3. The first-order valence-electron chi connectivity index (χ1n) is 7.88. The number of nitrogens with zero attached hydrogens (tertiary/aromatic N) is 1. The van der Waals surface area contributed by atoms with Crippen molar-refractivity contribution in [2.75, 3.05) is 32.0 Å². The minimum atomic E-state index is 0.156. The van der Waals surface area contributed by atoms with Crippen LogP contribution in [-0.4, -0.2) is 36.9 Å². The number of likely N-dealkylation sites (tertiary alicyclic amines) is 1. The number of nitrogens with two attached hydrogens (primary N) is 1. The van der Waals surface area contributed by atoms with Crippen molar-refractivity contribution < 1.29 is 9.53 Å². The molecule has 1 fully saturated rings. The Hall–Kier alpha value is -1.55. The molecule has 0 aliphatic carbocycles. The standard InChI is InChI=1S/C17H26N2O2/c1-3-21-17-5-4-14(12-15(17)18)16(20)8-11-19-9-6-13(2)7-10-19/h4-5,12-13H,3,6-11,18H2,1-2H3. The fraction of sp³-hybridized carbons (Fsp3) is 0.588. The number of ketones is 1. The molecular formula is C17H26N2O2. The first-order chi connectivity index (χ1) is 10.1. The highest BCUT2D eigenvalue weighted by Gasteiger charge is 2.17. The molecule has 0 radical (unpaired) electrons. The second-order valence-corrected chi connectivity index (χ2v) is 5.88. The Bertz CT molecular complexity index is 480. The Balaban J connectivity index is 1.87. The van der Waals surface area contributed by atoms with E-state index in [4.69, 9.17) is 10.5 Å². The SMILES string of the molecule is CCOc1ccc(C(=O)CCN2CCC(C)CC2)cc1N. The van der Waals surface area contributed by atoms with Crippen LogP contribution in [0.1, 0.15) is 43.5 Å². The number of ether oxygens (including phenoxy) is 1. The van der Waals surface area contributed by atoms with Crippen molar-refractivity contribution >= 4 is 11.5 Å². The van der Waals surface area contributed by atoms with Crippen LogP contribution in [0.2, 0.25) is 0 Å². The molecule has 0 bridgehead atoms. The maximum Gasteiger partial charge on any atom is 0.164 e. The van der Waals surface area contributed by atoms with Gasteiger partial charge >= 0.3 is 0 Å². The van der Waals surface area contributed by atoms with Crippen LogP contribution in [0.5, 0.6) is 5.75 Å². The van der Waals surface area contributed by atoms with E-state index in [1.807, 2.05) is 13.0 Å². The molecule has 1 aromatic rings. The van der Waals surface area contributed by atoms with E-state index in [2.05, 4.69) is 11.8 Å². The van der Waals surface area contributed by atoms with Crippen molar-refractivity contribution in [3.63, 3.8) is 0 Å². The number of rotatable bonds is 6. The molecule has 0 aromatic heterocycles. The van der Waals surface area contributed by atoms with E-state index in [1.54, 1.807) is 12.1 Å². The van der Waals surface area contributed by atoms with Crippen molar-refractivity contribution in [2.45, 2.75) is 33.1 Å². The fourth-order valence-electron chi connectivity index (χ4n) is 2.70. The number of benzene rings is 1. The summed E-state index contributed by atoms with van der Waals surface area (Å²) in [7, 11) is 0. The van der Waals surface area contributed by atoms with E-state index in [0.717, 1.165) is 25.6 Å². The molecule has 0 unspecified atom stereocenters. The molecule has 1 aliphatic rings. The lowest BCUT2D eigenvalue weighted by molar-refractivity contribution is 0.0953. The lowest BCUT2D eigenvalue weighted by Gasteiger charge is -2.29. The minimum absolute atomic E-state index is 0.156. The third-order valence-corrected chi connectivity index (χ3v) is 4.16. The number of hydrogen-bond acceptors (Lipinski definition) is 4. The van der Waals surface area contributed by atoms with E-state index in [9.17, 15) is 4.79 Å². The van der Waals surface area contributed by atoms with E-state index < -0.39 is 0 Å². The summed E-state index contributed by atoms with van der Waals surface area (Å²) in [4.78, 5) is 14.6. The second kappa shape index (κ2) is 7.46.